The summed E-state index contributed by atoms with van der Waals surface area (Å²) in [6, 6.07) is 7.78. The van der Waals surface area contributed by atoms with E-state index in [1.807, 2.05) is 0 Å². The second-order valence-corrected chi connectivity index (χ2v) is 7.23. The predicted molar refractivity (Wildman–Crippen MR) is 96.2 cm³/mol. The van der Waals surface area contributed by atoms with Crippen molar-refractivity contribution in [2.45, 2.75) is 11.8 Å². The summed E-state index contributed by atoms with van der Waals surface area (Å²) in [6.45, 7) is 2.02. The van der Waals surface area contributed by atoms with E-state index in [1.54, 1.807) is 19.1 Å². The zero-order valence-electron chi connectivity index (χ0n) is 13.3. The molecule has 2 aromatic carbocycles. The first-order valence-corrected chi connectivity index (χ1v) is 9.37. The lowest BCUT2D eigenvalue weighted by molar-refractivity contribution is -0.482. The Bertz CT molecular complexity index is 993. The van der Waals surface area contributed by atoms with Gasteiger partial charge in [-0.1, -0.05) is 23.2 Å². The maximum absolute atomic E-state index is 11.6. The third-order valence-corrected chi connectivity index (χ3v) is 4.56. The summed E-state index contributed by atoms with van der Waals surface area (Å²) in [5.74, 6) is -1.40. The van der Waals surface area contributed by atoms with Gasteiger partial charge >= 0.3 is 5.97 Å². The molecule has 0 unspecified atom stereocenters. The van der Waals surface area contributed by atoms with Crippen LogP contribution in [-0.4, -0.2) is 35.4 Å². The van der Waals surface area contributed by atoms with Gasteiger partial charge in [-0.25, -0.2) is 4.79 Å². The summed E-state index contributed by atoms with van der Waals surface area (Å²) in [4.78, 5) is 12.2. The Hall–Kier alpha value is -2.20. The fourth-order valence-electron chi connectivity index (χ4n) is 2.04. The number of nitrogens with zero attached hydrogens (tertiary/aromatic N) is 2. The fourth-order valence-corrected chi connectivity index (χ4v) is 3.00. The van der Waals surface area contributed by atoms with Crippen molar-refractivity contribution >= 4 is 50.7 Å². The molecule has 0 radical (unpaired) electrons. The zero-order chi connectivity index (χ0) is 19.5. The van der Waals surface area contributed by atoms with Gasteiger partial charge in [-0.2, -0.15) is 8.42 Å². The monoisotopic (exact) mass is 418 g/mol. The van der Waals surface area contributed by atoms with E-state index in [9.17, 15) is 18.3 Å². The number of anilines is 1. The summed E-state index contributed by atoms with van der Waals surface area (Å²) in [7, 11) is -4.55. The Morgan fingerprint density at radius 1 is 1.23 bits per heavy atom. The first-order chi connectivity index (χ1) is 12.1. The van der Waals surface area contributed by atoms with E-state index in [-0.39, 0.29) is 22.8 Å². The minimum atomic E-state index is -4.55. The van der Waals surface area contributed by atoms with E-state index in [0.29, 0.717) is 10.7 Å². The SMILES string of the molecule is CCN=[N+](Nc1ccc(Cl)cc1Cl)c1ccc(S(=O)(=O)O)cc1C(=O)O. The van der Waals surface area contributed by atoms with Crippen LogP contribution >= 0.6 is 23.2 Å². The zero-order valence-corrected chi connectivity index (χ0v) is 15.7. The second-order valence-electron chi connectivity index (χ2n) is 4.96. The molecule has 0 aliphatic heterocycles. The third kappa shape index (κ3) is 4.70. The number of carboxylic acid groups (broad SMARTS) is 1. The molecular weight excluding hydrogens is 405 g/mol. The number of hydrazine groups is 1. The molecule has 0 spiro atoms. The number of hydrogen-bond donors (Lipinski definition) is 3. The number of halogens is 2. The van der Waals surface area contributed by atoms with Crippen molar-refractivity contribution in [2.24, 2.45) is 5.11 Å². The molecule has 0 saturated carbocycles. The number of nitrogens with one attached hydrogen (secondary N) is 1. The van der Waals surface area contributed by atoms with Gasteiger partial charge in [0, 0.05) is 15.9 Å². The van der Waals surface area contributed by atoms with E-state index < -0.39 is 21.0 Å². The van der Waals surface area contributed by atoms with Crippen LogP contribution in [0.5, 0.6) is 0 Å². The van der Waals surface area contributed by atoms with Gasteiger partial charge < -0.3 is 5.11 Å². The van der Waals surface area contributed by atoms with Gasteiger partial charge in [-0.15, -0.1) is 5.43 Å². The molecule has 0 aromatic heterocycles. The van der Waals surface area contributed by atoms with Gasteiger partial charge in [-0.05, 0) is 42.4 Å². The van der Waals surface area contributed by atoms with Crippen LogP contribution < -0.4 is 5.43 Å². The maximum atomic E-state index is 11.6. The summed E-state index contributed by atoms with van der Waals surface area (Å²) in [5.41, 5.74) is 2.93. The van der Waals surface area contributed by atoms with Crippen LogP contribution in [-0.2, 0) is 10.1 Å². The van der Waals surface area contributed by atoms with Crippen LogP contribution in [0.2, 0.25) is 10.0 Å². The van der Waals surface area contributed by atoms with Crippen LogP contribution in [0, 0.1) is 0 Å². The molecular formula is C15H14Cl2N3O5S+. The molecule has 0 saturated heterocycles. The Balaban J connectivity index is 2.57. The number of azo groups is 1. The first-order valence-electron chi connectivity index (χ1n) is 7.17. The fraction of sp³-hybridized carbons (Fsp3) is 0.133. The van der Waals surface area contributed by atoms with Gasteiger partial charge in [-0.3, -0.25) is 4.55 Å². The Kier molecular flexibility index (Phi) is 6.19. The molecule has 26 heavy (non-hydrogen) atoms. The summed E-state index contributed by atoms with van der Waals surface area (Å²) in [6.07, 6.45) is 0. The number of aromatic carboxylic acids is 1. The molecule has 8 nitrogen and oxygen atoms in total. The lowest BCUT2D eigenvalue weighted by Crippen LogP contribution is -2.16. The van der Waals surface area contributed by atoms with Crippen molar-refractivity contribution in [3.05, 3.63) is 52.0 Å². The lowest BCUT2D eigenvalue weighted by Gasteiger charge is -2.07. The summed E-state index contributed by atoms with van der Waals surface area (Å²) >= 11 is 12.0. The molecule has 0 aliphatic carbocycles. The summed E-state index contributed by atoms with van der Waals surface area (Å²) in [5, 5.41) is 14.3. The smallest absolute Gasteiger partial charge is 0.342 e. The number of rotatable bonds is 6. The highest BCUT2D eigenvalue weighted by Gasteiger charge is 2.26. The lowest BCUT2D eigenvalue weighted by atomic mass is 10.2. The molecule has 0 amide bonds. The molecule has 0 fully saturated rings. The van der Waals surface area contributed by atoms with Crippen molar-refractivity contribution in [3.8, 4) is 0 Å². The second kappa shape index (κ2) is 8.00. The highest BCUT2D eigenvalue weighted by atomic mass is 35.5. The summed E-state index contributed by atoms with van der Waals surface area (Å²) < 4.78 is 31.6. The van der Waals surface area contributed by atoms with Crippen molar-refractivity contribution in [3.63, 3.8) is 0 Å². The highest BCUT2D eigenvalue weighted by molar-refractivity contribution is 7.85. The van der Waals surface area contributed by atoms with Gasteiger partial charge in [0.15, 0.2) is 0 Å². The van der Waals surface area contributed by atoms with Crippen LogP contribution in [0.3, 0.4) is 0 Å². The van der Waals surface area contributed by atoms with Gasteiger partial charge in [0.05, 0.1) is 9.92 Å². The molecule has 2 rings (SSSR count). The van der Waals surface area contributed by atoms with E-state index in [4.69, 9.17) is 27.8 Å². The van der Waals surface area contributed by atoms with Crippen molar-refractivity contribution in [2.75, 3.05) is 12.0 Å². The highest BCUT2D eigenvalue weighted by Crippen LogP contribution is 2.29. The number of carbonyl (C=O) groups is 1. The van der Waals surface area contributed by atoms with Crippen molar-refractivity contribution in [1.82, 2.24) is 0 Å². The first kappa shape index (κ1) is 20.1. The normalized spacial score (nSPS) is 12.1. The largest absolute Gasteiger partial charge is 0.477 e. The van der Waals surface area contributed by atoms with E-state index >= 15 is 0 Å². The Morgan fingerprint density at radius 2 is 1.92 bits per heavy atom. The van der Waals surface area contributed by atoms with Gasteiger partial charge in [0.1, 0.15) is 17.8 Å². The standard InChI is InChI=1S/C15H13Cl2N3O5S/c1-2-18-20(19-13-5-3-9(16)7-12(13)17)14-6-4-10(26(23,24)25)8-11(14)15(21)22/h3-8H,2H2,1H3,(H2-,18,19,21,22,23,24,25)/p+1. The molecule has 0 aliphatic rings. The van der Waals surface area contributed by atoms with Crippen LogP contribution in [0.4, 0.5) is 11.4 Å². The molecule has 0 heterocycles. The minimum absolute atomic E-state index is 0.0535. The van der Waals surface area contributed by atoms with E-state index in [1.165, 1.54) is 12.1 Å². The number of hydrogen-bond acceptors (Lipinski definition) is 4. The molecule has 2 aromatic rings. The average Bonchev–Trinajstić information content (AvgIpc) is 2.55. The Labute approximate surface area is 159 Å². The third-order valence-electron chi connectivity index (χ3n) is 3.16. The Morgan fingerprint density at radius 3 is 2.46 bits per heavy atom. The minimum Gasteiger partial charge on any atom is -0.477 e. The molecule has 138 valence electrons. The molecule has 0 bridgehead atoms. The predicted octanol–water partition coefficient (Wildman–Crippen LogP) is 4.08. The van der Waals surface area contributed by atoms with Gasteiger partial charge in [0.25, 0.3) is 15.8 Å². The quantitative estimate of drug-likeness (QED) is 0.281. The number of benzene rings is 2. The topological polar surface area (TPSA) is 119 Å². The molecule has 11 heteroatoms. The van der Waals surface area contributed by atoms with Crippen LogP contribution in [0.25, 0.3) is 0 Å². The number of carboxylic acids is 1. The van der Waals surface area contributed by atoms with Gasteiger partial charge in [0.2, 0.25) is 0 Å². The molecule has 3 N–H and O–H groups in total. The van der Waals surface area contributed by atoms with Crippen molar-refractivity contribution in [1.29, 1.82) is 0 Å². The average molecular weight is 419 g/mol. The molecule has 0 atom stereocenters. The van der Waals surface area contributed by atoms with E-state index in [2.05, 4.69) is 10.5 Å². The maximum Gasteiger partial charge on any atom is 0.342 e. The van der Waals surface area contributed by atoms with Crippen molar-refractivity contribution < 1.29 is 27.7 Å². The van der Waals surface area contributed by atoms with Crippen LogP contribution in [0.1, 0.15) is 17.3 Å². The van der Waals surface area contributed by atoms with E-state index in [0.717, 1.165) is 16.9 Å². The van der Waals surface area contributed by atoms with Crippen LogP contribution in [0.15, 0.2) is 46.4 Å².